The first-order chi connectivity index (χ1) is 9.96. The Morgan fingerprint density at radius 2 is 2.14 bits per heavy atom. The Labute approximate surface area is 120 Å². The fourth-order valence-electron chi connectivity index (χ4n) is 2.16. The molecule has 2 N–H and O–H groups in total. The summed E-state index contributed by atoms with van der Waals surface area (Å²) in [7, 11) is 0. The summed E-state index contributed by atoms with van der Waals surface area (Å²) in [5.74, 6) is -0.00682. The summed E-state index contributed by atoms with van der Waals surface area (Å²) < 4.78 is 41.3. The number of ether oxygens (including phenoxy) is 1. The van der Waals surface area contributed by atoms with Crippen LogP contribution in [0.1, 0.15) is 18.4 Å². The second-order valence-corrected chi connectivity index (χ2v) is 4.88. The van der Waals surface area contributed by atoms with Gasteiger partial charge in [0.25, 0.3) is 0 Å². The van der Waals surface area contributed by atoms with Crippen LogP contribution in [0.25, 0.3) is 0 Å². The van der Waals surface area contributed by atoms with E-state index in [9.17, 15) is 18.0 Å². The molecular formula is C14H17F3N2O2. The number of nitrogens with one attached hydrogen (secondary N) is 2. The summed E-state index contributed by atoms with van der Waals surface area (Å²) in [6.45, 7) is -0.392. The van der Waals surface area contributed by atoms with Gasteiger partial charge in [-0.2, -0.15) is 13.2 Å². The van der Waals surface area contributed by atoms with Gasteiger partial charge in [0.1, 0.15) is 5.75 Å². The van der Waals surface area contributed by atoms with Crippen LogP contribution < -0.4 is 15.4 Å². The Kier molecular flexibility index (Phi) is 5.06. The van der Waals surface area contributed by atoms with Gasteiger partial charge in [-0.1, -0.05) is 18.2 Å². The Morgan fingerprint density at radius 1 is 1.38 bits per heavy atom. The van der Waals surface area contributed by atoms with E-state index in [2.05, 4.69) is 10.6 Å². The van der Waals surface area contributed by atoms with E-state index in [1.165, 1.54) is 6.07 Å². The van der Waals surface area contributed by atoms with Crippen LogP contribution in [0, 0.1) is 0 Å². The zero-order chi connectivity index (χ0) is 15.3. The van der Waals surface area contributed by atoms with E-state index in [4.69, 9.17) is 4.74 Å². The fraction of sp³-hybridized carbons (Fsp3) is 0.500. The number of alkyl halides is 3. The van der Waals surface area contributed by atoms with Crippen molar-refractivity contribution in [3.63, 3.8) is 0 Å². The second kappa shape index (κ2) is 6.80. The summed E-state index contributed by atoms with van der Waals surface area (Å²) in [6.07, 6.45) is -2.66. The van der Waals surface area contributed by atoms with Crippen molar-refractivity contribution in [1.82, 2.24) is 10.6 Å². The molecule has 1 fully saturated rings. The highest BCUT2D eigenvalue weighted by Gasteiger charge is 2.29. The van der Waals surface area contributed by atoms with Gasteiger partial charge < -0.3 is 15.4 Å². The number of carbonyl (C=O) groups excluding carboxylic acids is 1. The summed E-state index contributed by atoms with van der Waals surface area (Å²) in [5, 5.41) is 5.78. The van der Waals surface area contributed by atoms with E-state index < -0.39 is 12.8 Å². The molecule has 0 aliphatic carbocycles. The number of carbonyl (C=O) groups is 1. The number of hydrogen-bond acceptors (Lipinski definition) is 3. The van der Waals surface area contributed by atoms with Crippen LogP contribution in [0.2, 0.25) is 0 Å². The number of amides is 1. The van der Waals surface area contributed by atoms with Crippen LogP contribution in [0.15, 0.2) is 24.3 Å². The van der Waals surface area contributed by atoms with Crippen LogP contribution in [-0.4, -0.2) is 31.3 Å². The first-order valence-electron chi connectivity index (χ1n) is 6.74. The van der Waals surface area contributed by atoms with Gasteiger partial charge in [-0.3, -0.25) is 4.79 Å². The minimum absolute atomic E-state index is 0.134. The summed E-state index contributed by atoms with van der Waals surface area (Å²) in [5.41, 5.74) is 0.521. The van der Waals surface area contributed by atoms with E-state index in [1.54, 1.807) is 18.2 Å². The Bertz CT molecular complexity index is 485. The lowest BCUT2D eigenvalue weighted by Gasteiger charge is -2.15. The zero-order valence-corrected chi connectivity index (χ0v) is 11.4. The number of rotatable bonds is 5. The molecule has 1 amide bonds. The van der Waals surface area contributed by atoms with Crippen molar-refractivity contribution in [1.29, 1.82) is 0 Å². The molecule has 0 saturated carbocycles. The number of para-hydroxylation sites is 1. The smallest absolute Gasteiger partial charge is 0.422 e. The lowest BCUT2D eigenvalue weighted by molar-refractivity contribution is -0.153. The lowest BCUT2D eigenvalue weighted by Crippen LogP contribution is -2.40. The highest BCUT2D eigenvalue weighted by molar-refractivity contribution is 5.82. The van der Waals surface area contributed by atoms with Gasteiger partial charge >= 0.3 is 6.18 Å². The van der Waals surface area contributed by atoms with Gasteiger partial charge in [0, 0.05) is 12.1 Å². The highest BCUT2D eigenvalue weighted by atomic mass is 19.4. The van der Waals surface area contributed by atoms with Crippen LogP contribution in [0.4, 0.5) is 13.2 Å². The van der Waals surface area contributed by atoms with Gasteiger partial charge in [-0.25, -0.2) is 0 Å². The quantitative estimate of drug-likeness (QED) is 0.874. The molecule has 1 aromatic carbocycles. The molecule has 116 valence electrons. The van der Waals surface area contributed by atoms with Gasteiger partial charge in [-0.15, -0.1) is 0 Å². The van der Waals surface area contributed by atoms with Crippen LogP contribution in [0.5, 0.6) is 5.75 Å². The third-order valence-electron chi connectivity index (χ3n) is 3.19. The molecule has 1 atom stereocenters. The third kappa shape index (κ3) is 4.93. The molecule has 1 aromatic rings. The first kappa shape index (κ1) is 15.6. The van der Waals surface area contributed by atoms with Crippen LogP contribution in [-0.2, 0) is 11.3 Å². The van der Waals surface area contributed by atoms with Crippen molar-refractivity contribution in [2.45, 2.75) is 31.6 Å². The second-order valence-electron chi connectivity index (χ2n) is 4.88. The molecule has 0 bridgehead atoms. The molecule has 4 nitrogen and oxygen atoms in total. The van der Waals surface area contributed by atoms with Crippen molar-refractivity contribution in [2.24, 2.45) is 0 Å². The average Bonchev–Trinajstić information content (AvgIpc) is 2.96. The molecule has 2 rings (SSSR count). The minimum Gasteiger partial charge on any atom is -0.484 e. The predicted octanol–water partition coefficient (Wildman–Crippen LogP) is 2.00. The van der Waals surface area contributed by atoms with E-state index in [-0.39, 0.29) is 24.2 Å². The van der Waals surface area contributed by atoms with Gasteiger partial charge in [0.05, 0.1) is 6.04 Å². The van der Waals surface area contributed by atoms with Crippen LogP contribution in [0.3, 0.4) is 0 Å². The van der Waals surface area contributed by atoms with Crippen molar-refractivity contribution in [2.75, 3.05) is 13.2 Å². The lowest BCUT2D eigenvalue weighted by atomic mass is 10.2. The van der Waals surface area contributed by atoms with E-state index >= 15 is 0 Å². The molecule has 7 heteroatoms. The summed E-state index contributed by atoms with van der Waals surface area (Å²) in [4.78, 5) is 11.9. The minimum atomic E-state index is -4.38. The van der Waals surface area contributed by atoms with E-state index in [1.807, 2.05) is 0 Å². The fourth-order valence-corrected chi connectivity index (χ4v) is 2.16. The topological polar surface area (TPSA) is 50.4 Å². The Balaban J connectivity index is 1.91. The molecular weight excluding hydrogens is 285 g/mol. The highest BCUT2D eigenvalue weighted by Crippen LogP contribution is 2.22. The monoisotopic (exact) mass is 302 g/mol. The number of benzene rings is 1. The molecule has 1 heterocycles. The van der Waals surface area contributed by atoms with E-state index in [0.717, 1.165) is 19.4 Å². The molecule has 0 aromatic heterocycles. The maximum Gasteiger partial charge on any atom is 0.422 e. The van der Waals surface area contributed by atoms with Crippen molar-refractivity contribution in [3.05, 3.63) is 29.8 Å². The molecule has 0 radical (unpaired) electrons. The van der Waals surface area contributed by atoms with E-state index in [0.29, 0.717) is 5.56 Å². The SMILES string of the molecule is O=C(NCc1ccccc1OCC(F)(F)F)C1CCCN1. The molecule has 1 saturated heterocycles. The van der Waals surface area contributed by atoms with Gasteiger partial charge in [0.15, 0.2) is 6.61 Å². The van der Waals surface area contributed by atoms with Gasteiger partial charge in [0.2, 0.25) is 5.91 Å². The molecule has 1 aliphatic rings. The number of halogens is 3. The van der Waals surface area contributed by atoms with Crippen molar-refractivity contribution >= 4 is 5.91 Å². The molecule has 0 spiro atoms. The van der Waals surface area contributed by atoms with Crippen molar-refractivity contribution in [3.8, 4) is 5.75 Å². The van der Waals surface area contributed by atoms with Gasteiger partial charge in [-0.05, 0) is 25.5 Å². The maximum atomic E-state index is 12.2. The predicted molar refractivity (Wildman–Crippen MR) is 70.9 cm³/mol. The maximum absolute atomic E-state index is 12.2. The summed E-state index contributed by atoms with van der Waals surface area (Å²) >= 11 is 0. The molecule has 1 unspecified atom stereocenters. The summed E-state index contributed by atoms with van der Waals surface area (Å²) in [6, 6.07) is 6.16. The number of hydrogen-bond donors (Lipinski definition) is 2. The standard InChI is InChI=1S/C14H17F3N2O2/c15-14(16,17)9-21-12-6-2-1-4-10(12)8-19-13(20)11-5-3-7-18-11/h1-2,4,6,11,18H,3,5,7-9H2,(H,19,20). The zero-order valence-electron chi connectivity index (χ0n) is 11.4. The normalized spacial score (nSPS) is 18.5. The molecule has 1 aliphatic heterocycles. The largest absolute Gasteiger partial charge is 0.484 e. The molecule has 21 heavy (non-hydrogen) atoms. The first-order valence-corrected chi connectivity index (χ1v) is 6.74. The Hall–Kier alpha value is -1.76. The Morgan fingerprint density at radius 3 is 2.81 bits per heavy atom. The third-order valence-corrected chi connectivity index (χ3v) is 3.19. The average molecular weight is 302 g/mol. The van der Waals surface area contributed by atoms with Crippen LogP contribution >= 0.6 is 0 Å². The van der Waals surface area contributed by atoms with Crippen molar-refractivity contribution < 1.29 is 22.7 Å².